The fraction of sp³-hybridized carbons (Fsp3) is 0.667. The molecule has 1 aromatic rings. The summed E-state index contributed by atoms with van der Waals surface area (Å²) < 4.78 is 5.81. The second kappa shape index (κ2) is 10.5. The number of carbonyl (C=O) groups is 1. The molecule has 1 atom stereocenters. The first-order chi connectivity index (χ1) is 12.9. The lowest BCUT2D eigenvalue weighted by atomic mass is 10.0. The van der Waals surface area contributed by atoms with E-state index in [4.69, 9.17) is 4.74 Å². The number of amides is 2. The normalized spacial score (nSPS) is 17.1. The van der Waals surface area contributed by atoms with E-state index in [9.17, 15) is 4.79 Å². The van der Waals surface area contributed by atoms with Crippen LogP contribution in [0.5, 0.6) is 5.75 Å². The number of nitrogens with one attached hydrogen (secondary N) is 2. The quantitative estimate of drug-likeness (QED) is 0.732. The van der Waals surface area contributed by atoms with Crippen molar-refractivity contribution in [2.45, 2.75) is 33.7 Å². The minimum absolute atomic E-state index is 0.185. The summed E-state index contributed by atoms with van der Waals surface area (Å²) in [5.74, 6) is 1.62. The van der Waals surface area contributed by atoms with E-state index in [1.54, 1.807) is 0 Å². The molecule has 0 radical (unpaired) electrons. The second-order valence-electron chi connectivity index (χ2n) is 8.19. The van der Waals surface area contributed by atoms with Gasteiger partial charge in [0.05, 0.1) is 12.3 Å². The molecule has 0 aromatic heterocycles. The zero-order valence-electron chi connectivity index (χ0n) is 17.5. The maximum Gasteiger partial charge on any atom is 0.319 e. The Morgan fingerprint density at radius 3 is 2.41 bits per heavy atom. The Morgan fingerprint density at radius 1 is 1.11 bits per heavy atom. The Morgan fingerprint density at radius 2 is 1.78 bits per heavy atom. The van der Waals surface area contributed by atoms with Crippen LogP contribution in [0.4, 0.5) is 10.5 Å². The number of hydrogen-bond donors (Lipinski definition) is 2. The summed E-state index contributed by atoms with van der Waals surface area (Å²) in [6.45, 7) is 14.2. The number of benzene rings is 1. The first kappa shape index (κ1) is 21.5. The van der Waals surface area contributed by atoms with Gasteiger partial charge in [-0.1, -0.05) is 39.8 Å². The Hall–Kier alpha value is -1.79. The third kappa shape index (κ3) is 7.03. The molecule has 1 aromatic carbocycles. The van der Waals surface area contributed by atoms with E-state index in [0.717, 1.165) is 26.2 Å². The number of urea groups is 1. The zero-order valence-corrected chi connectivity index (χ0v) is 17.5. The van der Waals surface area contributed by atoms with E-state index < -0.39 is 0 Å². The monoisotopic (exact) mass is 376 g/mol. The van der Waals surface area contributed by atoms with E-state index >= 15 is 0 Å². The topological polar surface area (TPSA) is 56.8 Å². The SMILES string of the molecule is CC(C)COc1ccccc1NC(=O)NCC(C(C)C)N1CCN(C)CC1. The van der Waals surface area contributed by atoms with Crippen LogP contribution in [-0.2, 0) is 0 Å². The zero-order chi connectivity index (χ0) is 19.8. The summed E-state index contributed by atoms with van der Waals surface area (Å²) in [7, 11) is 2.16. The highest BCUT2D eigenvalue weighted by atomic mass is 16.5. The maximum absolute atomic E-state index is 12.5. The third-order valence-electron chi connectivity index (χ3n) is 4.96. The number of hydrogen-bond acceptors (Lipinski definition) is 4. The molecule has 0 saturated carbocycles. The van der Waals surface area contributed by atoms with Gasteiger partial charge in [-0.3, -0.25) is 4.90 Å². The molecule has 2 amide bonds. The van der Waals surface area contributed by atoms with Crippen molar-refractivity contribution >= 4 is 11.7 Å². The number of anilines is 1. The molecule has 0 aliphatic carbocycles. The second-order valence-corrected chi connectivity index (χ2v) is 8.19. The first-order valence-electron chi connectivity index (χ1n) is 10.1. The highest BCUT2D eigenvalue weighted by Crippen LogP contribution is 2.24. The van der Waals surface area contributed by atoms with E-state index in [1.165, 1.54) is 0 Å². The van der Waals surface area contributed by atoms with Crippen molar-refractivity contribution in [1.82, 2.24) is 15.1 Å². The summed E-state index contributed by atoms with van der Waals surface area (Å²) in [5.41, 5.74) is 0.705. The molecule has 1 fully saturated rings. The van der Waals surface area contributed by atoms with Crippen LogP contribution in [0.3, 0.4) is 0 Å². The summed E-state index contributed by atoms with van der Waals surface area (Å²) in [4.78, 5) is 17.3. The van der Waals surface area contributed by atoms with Gasteiger partial charge in [-0.25, -0.2) is 4.79 Å². The first-order valence-corrected chi connectivity index (χ1v) is 10.1. The summed E-state index contributed by atoms with van der Waals surface area (Å²) >= 11 is 0. The molecule has 1 aliphatic rings. The standard InChI is InChI=1S/C21H36N4O2/c1-16(2)15-27-20-9-7-6-8-18(20)23-21(26)22-14-19(17(3)4)25-12-10-24(5)11-13-25/h6-9,16-17,19H,10-15H2,1-5H3,(H2,22,23,26). The average Bonchev–Trinajstić information content (AvgIpc) is 2.62. The van der Waals surface area contributed by atoms with Crippen molar-refractivity contribution in [3.8, 4) is 5.75 Å². The summed E-state index contributed by atoms with van der Waals surface area (Å²) in [6, 6.07) is 7.74. The summed E-state index contributed by atoms with van der Waals surface area (Å²) in [6.07, 6.45) is 0. The maximum atomic E-state index is 12.5. The average molecular weight is 377 g/mol. The Kier molecular flexibility index (Phi) is 8.38. The molecule has 6 heteroatoms. The lowest BCUT2D eigenvalue weighted by Gasteiger charge is -2.39. The predicted octanol–water partition coefficient (Wildman–Crippen LogP) is 3.11. The lowest BCUT2D eigenvalue weighted by molar-refractivity contribution is 0.0890. The van der Waals surface area contributed by atoms with Gasteiger partial charge in [0.15, 0.2) is 0 Å². The van der Waals surface area contributed by atoms with Crippen molar-refractivity contribution in [3.05, 3.63) is 24.3 Å². The molecule has 152 valence electrons. The molecule has 1 heterocycles. The number of rotatable bonds is 8. The number of para-hydroxylation sites is 2. The lowest BCUT2D eigenvalue weighted by Crippen LogP contribution is -2.54. The molecule has 1 unspecified atom stereocenters. The van der Waals surface area contributed by atoms with Gasteiger partial charge in [0.2, 0.25) is 0 Å². The van der Waals surface area contributed by atoms with Crippen LogP contribution in [0.2, 0.25) is 0 Å². The van der Waals surface area contributed by atoms with Gasteiger partial charge < -0.3 is 20.3 Å². The minimum atomic E-state index is -0.185. The van der Waals surface area contributed by atoms with Crippen molar-refractivity contribution in [3.63, 3.8) is 0 Å². The highest BCUT2D eigenvalue weighted by molar-refractivity contribution is 5.90. The number of likely N-dealkylation sites (N-methyl/N-ethyl adjacent to an activating group) is 1. The van der Waals surface area contributed by atoms with Crippen LogP contribution in [0, 0.1) is 11.8 Å². The van der Waals surface area contributed by atoms with Crippen LogP contribution < -0.4 is 15.4 Å². The Bertz CT molecular complexity index is 583. The minimum Gasteiger partial charge on any atom is -0.491 e. The number of piperazine rings is 1. The van der Waals surface area contributed by atoms with Crippen LogP contribution >= 0.6 is 0 Å². The smallest absolute Gasteiger partial charge is 0.319 e. The molecule has 6 nitrogen and oxygen atoms in total. The largest absolute Gasteiger partial charge is 0.491 e. The van der Waals surface area contributed by atoms with E-state index in [1.807, 2.05) is 24.3 Å². The van der Waals surface area contributed by atoms with Gasteiger partial charge in [0.25, 0.3) is 0 Å². The number of nitrogens with zero attached hydrogens (tertiary/aromatic N) is 2. The predicted molar refractivity (Wildman–Crippen MR) is 111 cm³/mol. The molecule has 0 bridgehead atoms. The summed E-state index contributed by atoms with van der Waals surface area (Å²) in [5, 5.41) is 5.99. The molecule has 1 aliphatic heterocycles. The van der Waals surface area contributed by atoms with Crippen molar-refractivity contribution in [1.29, 1.82) is 0 Å². The molecular weight excluding hydrogens is 340 g/mol. The fourth-order valence-corrected chi connectivity index (χ4v) is 3.26. The van der Waals surface area contributed by atoms with Gasteiger partial charge in [-0.2, -0.15) is 0 Å². The van der Waals surface area contributed by atoms with E-state index in [2.05, 4.69) is 55.2 Å². The Labute approximate surface area is 164 Å². The van der Waals surface area contributed by atoms with E-state index in [0.29, 0.717) is 42.5 Å². The molecule has 1 saturated heterocycles. The fourth-order valence-electron chi connectivity index (χ4n) is 3.26. The van der Waals surface area contributed by atoms with Crippen LogP contribution in [0.25, 0.3) is 0 Å². The molecular formula is C21H36N4O2. The Balaban J connectivity index is 1.89. The van der Waals surface area contributed by atoms with Gasteiger partial charge in [0.1, 0.15) is 5.75 Å². The highest BCUT2D eigenvalue weighted by Gasteiger charge is 2.25. The molecule has 2 rings (SSSR count). The van der Waals surface area contributed by atoms with Gasteiger partial charge in [0, 0.05) is 38.8 Å². The van der Waals surface area contributed by atoms with Gasteiger partial charge >= 0.3 is 6.03 Å². The third-order valence-corrected chi connectivity index (χ3v) is 4.96. The van der Waals surface area contributed by atoms with E-state index in [-0.39, 0.29) is 6.03 Å². The van der Waals surface area contributed by atoms with Crippen molar-refractivity contribution in [2.75, 3.05) is 51.7 Å². The van der Waals surface area contributed by atoms with Crippen molar-refractivity contribution < 1.29 is 9.53 Å². The van der Waals surface area contributed by atoms with Gasteiger partial charge in [-0.05, 0) is 31.0 Å². The molecule has 2 N–H and O–H groups in total. The number of carbonyl (C=O) groups excluding carboxylic acids is 1. The van der Waals surface area contributed by atoms with Crippen molar-refractivity contribution in [2.24, 2.45) is 11.8 Å². The van der Waals surface area contributed by atoms with Gasteiger partial charge in [-0.15, -0.1) is 0 Å². The van der Waals surface area contributed by atoms with Crippen LogP contribution in [0.15, 0.2) is 24.3 Å². The molecule has 0 spiro atoms. The van der Waals surface area contributed by atoms with Crippen LogP contribution in [0.1, 0.15) is 27.7 Å². The molecule has 27 heavy (non-hydrogen) atoms. The van der Waals surface area contributed by atoms with Crippen LogP contribution in [-0.4, -0.2) is 68.3 Å². The number of ether oxygens (including phenoxy) is 1.